The number of rotatable bonds is 1. The van der Waals surface area contributed by atoms with E-state index in [1.165, 1.54) is 19.3 Å². The summed E-state index contributed by atoms with van der Waals surface area (Å²) in [7, 11) is 0. The van der Waals surface area contributed by atoms with Gasteiger partial charge in [0.25, 0.3) is 0 Å². The van der Waals surface area contributed by atoms with Crippen LogP contribution in [0.1, 0.15) is 45.1 Å². The van der Waals surface area contributed by atoms with Crippen LogP contribution in [0.15, 0.2) is 18.7 Å². The molecule has 1 saturated carbocycles. The van der Waals surface area contributed by atoms with Gasteiger partial charge in [0, 0.05) is 23.5 Å². The zero-order valence-electron chi connectivity index (χ0n) is 9.53. The Morgan fingerprint density at radius 3 is 2.33 bits per heavy atom. The molecule has 0 spiro atoms. The van der Waals surface area contributed by atoms with E-state index in [9.17, 15) is 0 Å². The van der Waals surface area contributed by atoms with Crippen molar-refractivity contribution in [2.45, 2.75) is 45.1 Å². The van der Waals surface area contributed by atoms with E-state index >= 15 is 0 Å². The van der Waals surface area contributed by atoms with Gasteiger partial charge in [0.1, 0.15) is 6.33 Å². The molecule has 1 aliphatic rings. The molecule has 3 heteroatoms. The van der Waals surface area contributed by atoms with E-state index in [0.717, 1.165) is 12.0 Å². The minimum Gasteiger partial charge on any atom is -0.321 e. The molecule has 1 aromatic rings. The van der Waals surface area contributed by atoms with Gasteiger partial charge in [0.2, 0.25) is 0 Å². The van der Waals surface area contributed by atoms with Crippen LogP contribution in [0.2, 0.25) is 0 Å². The highest BCUT2D eigenvalue weighted by Crippen LogP contribution is 2.47. The van der Waals surface area contributed by atoms with E-state index in [4.69, 9.17) is 5.73 Å². The Kier molecular flexibility index (Phi) is 2.51. The van der Waals surface area contributed by atoms with Crippen LogP contribution in [-0.4, -0.2) is 9.97 Å². The summed E-state index contributed by atoms with van der Waals surface area (Å²) < 4.78 is 0. The number of nitrogens with zero attached hydrogens (tertiary/aromatic N) is 2. The first-order valence-electron chi connectivity index (χ1n) is 5.61. The molecule has 15 heavy (non-hydrogen) atoms. The normalized spacial score (nSPS) is 30.1. The third-order valence-electron chi connectivity index (χ3n) is 3.91. The van der Waals surface area contributed by atoms with Crippen molar-refractivity contribution in [3.05, 3.63) is 24.3 Å². The monoisotopic (exact) mass is 205 g/mol. The fraction of sp³-hybridized carbons (Fsp3) is 0.667. The minimum atomic E-state index is -0.257. The Morgan fingerprint density at radius 2 is 1.73 bits per heavy atom. The fourth-order valence-electron chi connectivity index (χ4n) is 2.60. The van der Waals surface area contributed by atoms with E-state index < -0.39 is 0 Å². The van der Waals surface area contributed by atoms with Crippen molar-refractivity contribution in [2.24, 2.45) is 11.1 Å². The van der Waals surface area contributed by atoms with E-state index in [-0.39, 0.29) is 11.0 Å². The molecule has 0 radical (unpaired) electrons. The third-order valence-corrected chi connectivity index (χ3v) is 3.91. The van der Waals surface area contributed by atoms with Crippen molar-refractivity contribution in [3.63, 3.8) is 0 Å². The van der Waals surface area contributed by atoms with Crippen molar-refractivity contribution >= 4 is 0 Å². The molecule has 1 unspecified atom stereocenters. The fourth-order valence-corrected chi connectivity index (χ4v) is 2.60. The second-order valence-corrected chi connectivity index (χ2v) is 5.19. The summed E-state index contributed by atoms with van der Waals surface area (Å²) >= 11 is 0. The molecule has 1 fully saturated rings. The highest BCUT2D eigenvalue weighted by atomic mass is 14.9. The van der Waals surface area contributed by atoms with Crippen LogP contribution in [0.25, 0.3) is 0 Å². The summed E-state index contributed by atoms with van der Waals surface area (Å²) in [4.78, 5) is 8.16. The van der Waals surface area contributed by atoms with Crippen LogP contribution >= 0.6 is 0 Å². The van der Waals surface area contributed by atoms with Crippen molar-refractivity contribution in [2.75, 3.05) is 0 Å². The zero-order valence-corrected chi connectivity index (χ0v) is 9.53. The molecule has 0 bridgehead atoms. The molecule has 0 amide bonds. The Balaban J connectivity index is 2.40. The molecule has 2 rings (SSSR count). The van der Waals surface area contributed by atoms with Crippen LogP contribution < -0.4 is 5.73 Å². The average Bonchev–Trinajstić information content (AvgIpc) is 2.24. The molecule has 1 atom stereocenters. The highest BCUT2D eigenvalue weighted by molar-refractivity contribution is 5.21. The number of nitrogens with two attached hydrogens (primary N) is 1. The summed E-state index contributed by atoms with van der Waals surface area (Å²) in [5.41, 5.74) is 7.53. The molecule has 3 nitrogen and oxygen atoms in total. The Labute approximate surface area is 91.1 Å². The first-order valence-corrected chi connectivity index (χ1v) is 5.61. The molecule has 0 aliphatic heterocycles. The van der Waals surface area contributed by atoms with Gasteiger partial charge in [-0.2, -0.15) is 0 Å². The molecular weight excluding hydrogens is 186 g/mol. The second kappa shape index (κ2) is 3.56. The van der Waals surface area contributed by atoms with Crippen molar-refractivity contribution in [1.29, 1.82) is 0 Å². The Morgan fingerprint density at radius 1 is 1.13 bits per heavy atom. The van der Waals surface area contributed by atoms with Gasteiger partial charge in [-0.25, -0.2) is 9.97 Å². The summed E-state index contributed by atoms with van der Waals surface area (Å²) in [6.45, 7) is 4.50. The van der Waals surface area contributed by atoms with Gasteiger partial charge >= 0.3 is 0 Å². The maximum absolute atomic E-state index is 6.58. The van der Waals surface area contributed by atoms with Gasteiger partial charge in [-0.3, -0.25) is 0 Å². The average molecular weight is 205 g/mol. The van der Waals surface area contributed by atoms with Gasteiger partial charge in [-0.05, 0) is 18.3 Å². The number of aromatic nitrogens is 2. The number of hydrogen-bond acceptors (Lipinski definition) is 3. The topological polar surface area (TPSA) is 51.8 Å². The van der Waals surface area contributed by atoms with E-state index in [1.807, 2.05) is 12.4 Å². The van der Waals surface area contributed by atoms with Crippen LogP contribution in [0.5, 0.6) is 0 Å². The van der Waals surface area contributed by atoms with Crippen LogP contribution in [0.4, 0.5) is 0 Å². The summed E-state index contributed by atoms with van der Waals surface area (Å²) in [5.74, 6) is 0. The van der Waals surface area contributed by atoms with Gasteiger partial charge in [-0.15, -0.1) is 0 Å². The first kappa shape index (κ1) is 10.6. The van der Waals surface area contributed by atoms with Gasteiger partial charge in [0.05, 0.1) is 0 Å². The third kappa shape index (κ3) is 1.65. The summed E-state index contributed by atoms with van der Waals surface area (Å²) in [6.07, 6.45) is 9.98. The van der Waals surface area contributed by atoms with Gasteiger partial charge in [0.15, 0.2) is 0 Å². The lowest BCUT2D eigenvalue weighted by atomic mass is 9.61. The predicted octanol–water partition coefficient (Wildman–Crippen LogP) is 2.23. The second-order valence-electron chi connectivity index (χ2n) is 5.19. The van der Waals surface area contributed by atoms with E-state index in [2.05, 4.69) is 23.8 Å². The van der Waals surface area contributed by atoms with Crippen molar-refractivity contribution < 1.29 is 0 Å². The SMILES string of the molecule is CC1(C)CCCCC1(N)c1cncnc1. The highest BCUT2D eigenvalue weighted by Gasteiger charge is 2.44. The minimum absolute atomic E-state index is 0.135. The molecule has 1 aromatic heterocycles. The molecule has 2 N–H and O–H groups in total. The maximum Gasteiger partial charge on any atom is 0.115 e. The largest absolute Gasteiger partial charge is 0.321 e. The van der Waals surface area contributed by atoms with Crippen LogP contribution in [0, 0.1) is 5.41 Å². The van der Waals surface area contributed by atoms with Gasteiger partial charge in [-0.1, -0.05) is 26.7 Å². The lowest BCUT2D eigenvalue weighted by molar-refractivity contribution is 0.0972. The molecular formula is C12H19N3. The predicted molar refractivity (Wildman–Crippen MR) is 60.1 cm³/mol. The smallest absolute Gasteiger partial charge is 0.115 e. The van der Waals surface area contributed by atoms with Gasteiger partial charge < -0.3 is 5.73 Å². The number of hydrogen-bond donors (Lipinski definition) is 1. The zero-order chi connectivity index (χ0) is 10.9. The molecule has 1 heterocycles. The standard InChI is InChI=1S/C12H19N3/c1-11(2)5-3-4-6-12(11,13)10-7-14-9-15-8-10/h7-9H,3-6,13H2,1-2H3. The van der Waals surface area contributed by atoms with E-state index in [0.29, 0.717) is 0 Å². The molecule has 1 aliphatic carbocycles. The molecule has 0 aromatic carbocycles. The molecule has 0 saturated heterocycles. The van der Waals surface area contributed by atoms with Crippen LogP contribution in [0.3, 0.4) is 0 Å². The maximum atomic E-state index is 6.58. The summed E-state index contributed by atoms with van der Waals surface area (Å²) in [6, 6.07) is 0. The quantitative estimate of drug-likeness (QED) is 0.765. The molecule has 82 valence electrons. The van der Waals surface area contributed by atoms with Crippen LogP contribution in [-0.2, 0) is 5.54 Å². The van der Waals surface area contributed by atoms with E-state index in [1.54, 1.807) is 6.33 Å². The Bertz CT molecular complexity index is 334. The lowest BCUT2D eigenvalue weighted by Gasteiger charge is -2.47. The lowest BCUT2D eigenvalue weighted by Crippen LogP contribution is -2.51. The Hall–Kier alpha value is -0.960. The summed E-state index contributed by atoms with van der Waals surface area (Å²) in [5, 5.41) is 0. The van der Waals surface area contributed by atoms with Crippen molar-refractivity contribution in [3.8, 4) is 0 Å². The first-order chi connectivity index (χ1) is 7.06. The van der Waals surface area contributed by atoms with Crippen molar-refractivity contribution in [1.82, 2.24) is 9.97 Å².